The van der Waals surface area contributed by atoms with Crippen LogP contribution >= 0.6 is 0 Å². The van der Waals surface area contributed by atoms with Crippen molar-refractivity contribution < 1.29 is 13.9 Å². The van der Waals surface area contributed by atoms with Crippen molar-refractivity contribution in [3.63, 3.8) is 0 Å². The first-order chi connectivity index (χ1) is 9.08. The second kappa shape index (κ2) is 5.49. The molecule has 0 heterocycles. The van der Waals surface area contributed by atoms with Gasteiger partial charge in [0.05, 0.1) is 0 Å². The molecule has 2 aromatic carbocycles. The summed E-state index contributed by atoms with van der Waals surface area (Å²) in [6.45, 7) is 0.231. The molecule has 0 saturated carbocycles. The Kier molecular flexibility index (Phi) is 3.77. The number of benzene rings is 2. The first kappa shape index (κ1) is 13.0. The molecule has 0 saturated heterocycles. The highest BCUT2D eigenvalue weighted by molar-refractivity contribution is 5.92. The van der Waals surface area contributed by atoms with Gasteiger partial charge in [0.2, 0.25) is 5.91 Å². The van der Waals surface area contributed by atoms with Gasteiger partial charge in [-0.05, 0) is 42.0 Å². The van der Waals surface area contributed by atoms with Gasteiger partial charge in [-0.3, -0.25) is 4.79 Å². The number of nitrogens with two attached hydrogens (primary N) is 2. The van der Waals surface area contributed by atoms with Crippen LogP contribution in [0, 0.1) is 5.82 Å². The number of carbonyl (C=O) groups is 1. The lowest BCUT2D eigenvalue weighted by Crippen LogP contribution is -2.10. The quantitative estimate of drug-likeness (QED) is 0.884. The third kappa shape index (κ3) is 3.29. The van der Waals surface area contributed by atoms with E-state index in [0.717, 1.165) is 0 Å². The second-order valence-corrected chi connectivity index (χ2v) is 3.99. The summed E-state index contributed by atoms with van der Waals surface area (Å²) in [6, 6.07) is 10.5. The summed E-state index contributed by atoms with van der Waals surface area (Å²) < 4.78 is 18.8. The van der Waals surface area contributed by atoms with Gasteiger partial charge in [0.1, 0.15) is 17.3 Å². The Balaban J connectivity index is 2.21. The van der Waals surface area contributed by atoms with Crippen LogP contribution in [0.1, 0.15) is 15.9 Å². The molecule has 0 aromatic heterocycles. The molecule has 0 fully saturated rings. The Morgan fingerprint density at radius 1 is 1.11 bits per heavy atom. The fourth-order valence-corrected chi connectivity index (χ4v) is 1.62. The molecule has 0 bridgehead atoms. The maximum absolute atomic E-state index is 13.3. The second-order valence-electron chi connectivity index (χ2n) is 3.99. The van der Waals surface area contributed by atoms with E-state index in [9.17, 15) is 9.18 Å². The summed E-state index contributed by atoms with van der Waals surface area (Å²) in [7, 11) is 0. The first-order valence-corrected chi connectivity index (χ1v) is 5.66. The molecular formula is C14H13FN2O2. The SMILES string of the molecule is NCc1cc(F)cc(Oc2ccc(C(N)=O)cc2)c1. The molecule has 0 radical (unpaired) electrons. The minimum atomic E-state index is -0.511. The van der Waals surface area contributed by atoms with Crippen molar-refractivity contribution in [2.24, 2.45) is 11.5 Å². The fraction of sp³-hybridized carbons (Fsp3) is 0.0714. The molecule has 5 heteroatoms. The Hall–Kier alpha value is -2.40. The van der Waals surface area contributed by atoms with E-state index in [1.807, 2.05) is 0 Å². The normalized spacial score (nSPS) is 10.2. The van der Waals surface area contributed by atoms with Gasteiger partial charge in [-0.15, -0.1) is 0 Å². The highest BCUT2D eigenvalue weighted by Crippen LogP contribution is 2.23. The molecule has 98 valence electrons. The zero-order valence-electron chi connectivity index (χ0n) is 10.1. The Morgan fingerprint density at radius 2 is 1.79 bits per heavy atom. The summed E-state index contributed by atoms with van der Waals surface area (Å²) in [5.74, 6) is -0.0831. The van der Waals surface area contributed by atoms with Crippen LogP contribution in [0.5, 0.6) is 11.5 Å². The van der Waals surface area contributed by atoms with Gasteiger partial charge in [-0.1, -0.05) is 0 Å². The molecule has 0 aliphatic heterocycles. The third-order valence-corrected chi connectivity index (χ3v) is 2.54. The number of rotatable bonds is 4. The van der Waals surface area contributed by atoms with Gasteiger partial charge in [0, 0.05) is 18.2 Å². The number of hydrogen-bond donors (Lipinski definition) is 2. The van der Waals surface area contributed by atoms with Gasteiger partial charge in [0.25, 0.3) is 0 Å². The monoisotopic (exact) mass is 260 g/mol. The summed E-state index contributed by atoms with van der Waals surface area (Å²) in [6.07, 6.45) is 0. The Bertz CT molecular complexity index is 597. The van der Waals surface area contributed by atoms with Crippen LogP contribution in [-0.2, 0) is 6.54 Å². The van der Waals surface area contributed by atoms with E-state index < -0.39 is 11.7 Å². The van der Waals surface area contributed by atoms with Gasteiger partial charge >= 0.3 is 0 Å². The van der Waals surface area contributed by atoms with Crippen molar-refractivity contribution in [3.8, 4) is 11.5 Å². The number of amides is 1. The van der Waals surface area contributed by atoms with Crippen molar-refractivity contribution in [1.29, 1.82) is 0 Å². The van der Waals surface area contributed by atoms with Crippen molar-refractivity contribution >= 4 is 5.91 Å². The average molecular weight is 260 g/mol. The van der Waals surface area contributed by atoms with E-state index >= 15 is 0 Å². The highest BCUT2D eigenvalue weighted by atomic mass is 19.1. The molecule has 4 nitrogen and oxygen atoms in total. The van der Waals surface area contributed by atoms with Crippen LogP contribution in [0.3, 0.4) is 0 Å². The van der Waals surface area contributed by atoms with Gasteiger partial charge in [-0.2, -0.15) is 0 Å². The van der Waals surface area contributed by atoms with E-state index in [1.165, 1.54) is 12.1 Å². The zero-order valence-corrected chi connectivity index (χ0v) is 10.1. The van der Waals surface area contributed by atoms with E-state index in [2.05, 4.69) is 0 Å². The lowest BCUT2D eigenvalue weighted by atomic mass is 10.2. The number of hydrogen-bond acceptors (Lipinski definition) is 3. The maximum Gasteiger partial charge on any atom is 0.248 e. The molecule has 0 unspecified atom stereocenters. The molecule has 0 aliphatic carbocycles. The van der Waals surface area contributed by atoms with Crippen LogP contribution in [0.4, 0.5) is 4.39 Å². The largest absolute Gasteiger partial charge is 0.457 e. The van der Waals surface area contributed by atoms with Gasteiger partial charge < -0.3 is 16.2 Å². The molecule has 0 spiro atoms. The summed E-state index contributed by atoms with van der Waals surface area (Å²) in [5.41, 5.74) is 11.6. The highest BCUT2D eigenvalue weighted by Gasteiger charge is 2.04. The first-order valence-electron chi connectivity index (χ1n) is 5.66. The van der Waals surface area contributed by atoms with Crippen molar-refractivity contribution in [1.82, 2.24) is 0 Å². The number of halogens is 1. The van der Waals surface area contributed by atoms with E-state index in [-0.39, 0.29) is 6.54 Å². The minimum Gasteiger partial charge on any atom is -0.457 e. The predicted octanol–water partition coefficient (Wildman–Crippen LogP) is 2.18. The topological polar surface area (TPSA) is 78.3 Å². The fourth-order valence-electron chi connectivity index (χ4n) is 1.62. The summed E-state index contributed by atoms with van der Waals surface area (Å²) >= 11 is 0. The van der Waals surface area contributed by atoms with Crippen LogP contribution in [-0.4, -0.2) is 5.91 Å². The summed E-state index contributed by atoms with van der Waals surface area (Å²) in [5, 5.41) is 0. The van der Waals surface area contributed by atoms with E-state index in [1.54, 1.807) is 30.3 Å². The predicted molar refractivity (Wildman–Crippen MR) is 69.3 cm³/mol. The Labute approximate surface area is 109 Å². The smallest absolute Gasteiger partial charge is 0.248 e. The lowest BCUT2D eigenvalue weighted by Gasteiger charge is -2.08. The molecule has 1 amide bonds. The molecule has 19 heavy (non-hydrogen) atoms. The van der Waals surface area contributed by atoms with Gasteiger partial charge in [-0.25, -0.2) is 4.39 Å². The van der Waals surface area contributed by atoms with Crippen LogP contribution in [0.2, 0.25) is 0 Å². The number of primary amides is 1. The van der Waals surface area contributed by atoms with Crippen molar-refractivity contribution in [3.05, 3.63) is 59.4 Å². The van der Waals surface area contributed by atoms with Crippen LogP contribution in [0.15, 0.2) is 42.5 Å². The third-order valence-electron chi connectivity index (χ3n) is 2.54. The minimum absolute atomic E-state index is 0.231. The molecule has 2 rings (SSSR count). The van der Waals surface area contributed by atoms with Crippen LogP contribution in [0.25, 0.3) is 0 Å². The zero-order chi connectivity index (χ0) is 13.8. The van der Waals surface area contributed by atoms with E-state index in [0.29, 0.717) is 22.6 Å². The molecule has 0 atom stereocenters. The van der Waals surface area contributed by atoms with Gasteiger partial charge in [0.15, 0.2) is 0 Å². The maximum atomic E-state index is 13.3. The van der Waals surface area contributed by atoms with Crippen LogP contribution < -0.4 is 16.2 Å². The lowest BCUT2D eigenvalue weighted by molar-refractivity contribution is 0.100. The van der Waals surface area contributed by atoms with Crippen molar-refractivity contribution in [2.45, 2.75) is 6.54 Å². The number of ether oxygens (including phenoxy) is 1. The van der Waals surface area contributed by atoms with Crippen molar-refractivity contribution in [2.75, 3.05) is 0 Å². The molecule has 2 aromatic rings. The number of carbonyl (C=O) groups excluding carboxylic acids is 1. The molecular weight excluding hydrogens is 247 g/mol. The standard InChI is InChI=1S/C14H13FN2O2/c15-11-5-9(8-16)6-13(7-11)19-12-3-1-10(2-4-12)14(17)18/h1-7H,8,16H2,(H2,17,18). The summed E-state index contributed by atoms with van der Waals surface area (Å²) in [4.78, 5) is 10.9. The molecule has 0 aliphatic rings. The Morgan fingerprint density at radius 3 is 2.37 bits per heavy atom. The average Bonchev–Trinajstić information content (AvgIpc) is 2.38. The van der Waals surface area contributed by atoms with E-state index in [4.69, 9.17) is 16.2 Å². The molecule has 4 N–H and O–H groups in total.